The molecule has 27 heavy (non-hydrogen) atoms. The molecule has 0 aliphatic carbocycles. The first kappa shape index (κ1) is 19.0. The highest BCUT2D eigenvalue weighted by atomic mass is 19.1. The van der Waals surface area contributed by atoms with Crippen LogP contribution >= 0.6 is 0 Å². The van der Waals surface area contributed by atoms with E-state index >= 15 is 0 Å². The summed E-state index contributed by atoms with van der Waals surface area (Å²) >= 11 is 0. The molecular weight excluding hydrogens is 351 g/mol. The Morgan fingerprint density at radius 3 is 3.04 bits per heavy atom. The van der Waals surface area contributed by atoms with Gasteiger partial charge >= 0.3 is 0 Å². The number of piperazine rings is 1. The van der Waals surface area contributed by atoms with Crippen LogP contribution in [0.5, 0.6) is 0 Å². The molecule has 2 amide bonds. The number of rotatable bonds is 7. The highest BCUT2D eigenvalue weighted by molar-refractivity contribution is 5.88. The third-order valence-electron chi connectivity index (χ3n) is 4.52. The van der Waals surface area contributed by atoms with Crippen LogP contribution in [-0.4, -0.2) is 41.0 Å². The average molecular weight is 374 g/mol. The Morgan fingerprint density at radius 2 is 2.30 bits per heavy atom. The Balaban J connectivity index is 1.59. The molecule has 8 heteroatoms. The molecule has 1 atom stereocenters. The summed E-state index contributed by atoms with van der Waals surface area (Å²) in [6.45, 7) is 3.70. The van der Waals surface area contributed by atoms with Crippen LogP contribution in [0.3, 0.4) is 0 Å². The Hall–Kier alpha value is -2.74. The van der Waals surface area contributed by atoms with E-state index < -0.39 is 6.04 Å². The first-order chi connectivity index (χ1) is 13.0. The summed E-state index contributed by atoms with van der Waals surface area (Å²) in [6.07, 6.45) is 0.782. The number of aryl methyl sites for hydroxylation is 1. The lowest BCUT2D eigenvalue weighted by Crippen LogP contribution is -2.56. The first-order valence-electron chi connectivity index (χ1n) is 9.02. The van der Waals surface area contributed by atoms with Crippen molar-refractivity contribution in [2.75, 3.05) is 13.1 Å². The number of amides is 2. The molecule has 0 spiro atoms. The fourth-order valence-corrected chi connectivity index (χ4v) is 3.08. The second-order valence-corrected chi connectivity index (χ2v) is 6.53. The second kappa shape index (κ2) is 8.77. The highest BCUT2D eigenvalue weighted by Gasteiger charge is 2.31. The number of benzene rings is 1. The van der Waals surface area contributed by atoms with Crippen molar-refractivity contribution in [1.82, 2.24) is 20.7 Å². The lowest BCUT2D eigenvalue weighted by molar-refractivity contribution is -0.134. The lowest BCUT2D eigenvalue weighted by Gasteiger charge is -2.34. The van der Waals surface area contributed by atoms with Gasteiger partial charge in [-0.05, 0) is 24.1 Å². The molecule has 1 aliphatic rings. The topological polar surface area (TPSA) is 87.5 Å². The minimum atomic E-state index is -0.594. The van der Waals surface area contributed by atoms with Crippen LogP contribution in [0.25, 0.3) is 0 Å². The van der Waals surface area contributed by atoms with Gasteiger partial charge in [0.25, 0.3) is 0 Å². The number of halogens is 1. The summed E-state index contributed by atoms with van der Waals surface area (Å²) in [5.74, 6) is -0.192. The smallest absolute Gasteiger partial charge is 0.237 e. The van der Waals surface area contributed by atoms with Gasteiger partial charge in [-0.15, -0.1) is 0 Å². The van der Waals surface area contributed by atoms with Gasteiger partial charge in [0, 0.05) is 25.7 Å². The molecule has 3 rings (SSSR count). The zero-order valence-electron chi connectivity index (χ0n) is 15.2. The number of hydrogen-bond donors (Lipinski definition) is 2. The van der Waals surface area contributed by atoms with Crippen LogP contribution in [-0.2, 0) is 29.1 Å². The third kappa shape index (κ3) is 5.13. The number of hydrogen-bond acceptors (Lipinski definition) is 5. The molecule has 2 aromatic rings. The monoisotopic (exact) mass is 374 g/mol. The predicted octanol–water partition coefficient (Wildman–Crippen LogP) is 1.38. The summed E-state index contributed by atoms with van der Waals surface area (Å²) in [5, 5.41) is 9.42. The molecule has 1 unspecified atom stereocenters. The number of nitrogens with zero attached hydrogens (tertiary/aromatic N) is 2. The molecule has 2 heterocycles. The molecule has 1 aromatic heterocycles. The molecule has 1 aliphatic heterocycles. The average Bonchev–Trinajstić information content (AvgIpc) is 3.11. The molecular formula is C19H23FN4O3. The summed E-state index contributed by atoms with van der Waals surface area (Å²) in [6, 6.07) is 7.47. The van der Waals surface area contributed by atoms with Crippen molar-refractivity contribution in [3.05, 3.63) is 53.2 Å². The van der Waals surface area contributed by atoms with Crippen LogP contribution in [0.2, 0.25) is 0 Å². The number of carbonyl (C=O) groups is 2. The minimum Gasteiger partial charge on any atom is -0.359 e. The SMILES string of the molecule is CCc1cc(CNC(=O)CC2C(=O)NCCN2Cc2cccc(F)c2)on1. The number of carbonyl (C=O) groups excluding carboxylic acids is 2. The zero-order valence-corrected chi connectivity index (χ0v) is 15.2. The number of aromatic nitrogens is 1. The molecule has 1 fully saturated rings. The van der Waals surface area contributed by atoms with E-state index in [1.165, 1.54) is 12.1 Å². The molecule has 144 valence electrons. The van der Waals surface area contributed by atoms with Gasteiger partial charge in [0.15, 0.2) is 5.76 Å². The van der Waals surface area contributed by atoms with Gasteiger partial charge in [0.2, 0.25) is 11.8 Å². The third-order valence-corrected chi connectivity index (χ3v) is 4.52. The Morgan fingerprint density at radius 1 is 1.44 bits per heavy atom. The van der Waals surface area contributed by atoms with Crippen molar-refractivity contribution >= 4 is 11.8 Å². The highest BCUT2D eigenvalue weighted by Crippen LogP contribution is 2.15. The van der Waals surface area contributed by atoms with Crippen molar-refractivity contribution in [2.45, 2.75) is 38.9 Å². The number of nitrogens with one attached hydrogen (secondary N) is 2. The van der Waals surface area contributed by atoms with Crippen LogP contribution in [0.4, 0.5) is 4.39 Å². The van der Waals surface area contributed by atoms with E-state index in [9.17, 15) is 14.0 Å². The summed E-state index contributed by atoms with van der Waals surface area (Å²) in [4.78, 5) is 26.5. The van der Waals surface area contributed by atoms with E-state index in [1.54, 1.807) is 12.1 Å². The van der Waals surface area contributed by atoms with Crippen molar-refractivity contribution in [3.63, 3.8) is 0 Å². The van der Waals surface area contributed by atoms with E-state index in [0.29, 0.717) is 25.4 Å². The van der Waals surface area contributed by atoms with Gasteiger partial charge in [-0.2, -0.15) is 0 Å². The van der Waals surface area contributed by atoms with Gasteiger partial charge in [-0.3, -0.25) is 14.5 Å². The first-order valence-corrected chi connectivity index (χ1v) is 9.02. The lowest BCUT2D eigenvalue weighted by atomic mass is 10.1. The molecule has 1 aromatic carbocycles. The van der Waals surface area contributed by atoms with Crippen LogP contribution in [0.1, 0.15) is 30.4 Å². The molecule has 0 bridgehead atoms. The quantitative estimate of drug-likeness (QED) is 0.765. The van der Waals surface area contributed by atoms with Crippen molar-refractivity contribution in [2.24, 2.45) is 0 Å². The fraction of sp³-hybridized carbons (Fsp3) is 0.421. The van der Waals surface area contributed by atoms with Crippen molar-refractivity contribution in [3.8, 4) is 0 Å². The van der Waals surface area contributed by atoms with E-state index in [1.807, 2.05) is 17.9 Å². The Kier molecular flexibility index (Phi) is 6.18. The van der Waals surface area contributed by atoms with Crippen molar-refractivity contribution in [1.29, 1.82) is 0 Å². The molecule has 0 radical (unpaired) electrons. The van der Waals surface area contributed by atoms with Gasteiger partial charge in [-0.25, -0.2) is 4.39 Å². The van der Waals surface area contributed by atoms with Gasteiger partial charge in [0.05, 0.1) is 24.7 Å². The second-order valence-electron chi connectivity index (χ2n) is 6.53. The Bertz CT molecular complexity index is 808. The van der Waals surface area contributed by atoms with Crippen molar-refractivity contribution < 1.29 is 18.5 Å². The van der Waals surface area contributed by atoms with E-state index in [4.69, 9.17) is 4.52 Å². The largest absolute Gasteiger partial charge is 0.359 e. The maximum Gasteiger partial charge on any atom is 0.237 e. The summed E-state index contributed by atoms with van der Waals surface area (Å²) in [7, 11) is 0. The van der Waals surface area contributed by atoms with Gasteiger partial charge < -0.3 is 15.2 Å². The van der Waals surface area contributed by atoms with E-state index in [-0.39, 0.29) is 30.6 Å². The van der Waals surface area contributed by atoms with Gasteiger partial charge in [-0.1, -0.05) is 24.2 Å². The standard InChI is InChI=1S/C19H23FN4O3/c1-2-15-9-16(27-23-15)11-22-18(25)10-17-19(26)21-6-7-24(17)12-13-4-3-5-14(20)8-13/h3-5,8-9,17H,2,6-7,10-12H2,1H3,(H,21,26)(H,22,25). The Labute approximate surface area is 156 Å². The summed E-state index contributed by atoms with van der Waals surface area (Å²) in [5.41, 5.74) is 1.59. The zero-order chi connectivity index (χ0) is 19.2. The maximum absolute atomic E-state index is 13.4. The normalized spacial score (nSPS) is 17.6. The molecule has 2 N–H and O–H groups in total. The van der Waals surface area contributed by atoms with E-state index in [2.05, 4.69) is 15.8 Å². The fourth-order valence-electron chi connectivity index (χ4n) is 3.08. The molecule has 7 nitrogen and oxygen atoms in total. The van der Waals surface area contributed by atoms with Gasteiger partial charge in [0.1, 0.15) is 5.82 Å². The predicted molar refractivity (Wildman–Crippen MR) is 96.0 cm³/mol. The summed E-state index contributed by atoms with van der Waals surface area (Å²) < 4.78 is 18.6. The molecule has 0 saturated carbocycles. The van der Waals surface area contributed by atoms with Crippen LogP contribution in [0.15, 0.2) is 34.9 Å². The van der Waals surface area contributed by atoms with Crippen LogP contribution < -0.4 is 10.6 Å². The maximum atomic E-state index is 13.4. The minimum absolute atomic E-state index is 0.0237. The van der Waals surface area contributed by atoms with Crippen LogP contribution in [0, 0.1) is 5.82 Å². The molecule has 1 saturated heterocycles. The van der Waals surface area contributed by atoms with E-state index in [0.717, 1.165) is 17.7 Å².